The largest absolute Gasteiger partial charge is 0.394 e. The van der Waals surface area contributed by atoms with Gasteiger partial charge in [0.15, 0.2) is 6.10 Å². The van der Waals surface area contributed by atoms with Gasteiger partial charge in [0.05, 0.1) is 6.61 Å². The van der Waals surface area contributed by atoms with Crippen molar-refractivity contribution in [3.8, 4) is 0 Å². The number of aliphatic hydroxyl groups excluding tert-OH is 5. The summed E-state index contributed by atoms with van der Waals surface area (Å²) in [6, 6.07) is 0. The molecule has 0 aromatic rings. The molecule has 0 fully saturated rings. The molecule has 0 spiro atoms. The fourth-order valence-corrected chi connectivity index (χ4v) is 4.55. The van der Waals surface area contributed by atoms with Gasteiger partial charge in [-0.3, -0.25) is 4.79 Å². The molecular weight excluding hydrogens is 458 g/mol. The van der Waals surface area contributed by atoms with Crippen molar-refractivity contribution in [3.05, 3.63) is 0 Å². The Labute approximate surface area is 221 Å². The second-order valence-electron chi connectivity index (χ2n) is 10.5. The summed E-state index contributed by atoms with van der Waals surface area (Å²) in [6.07, 6.45) is 20.5. The van der Waals surface area contributed by atoms with E-state index in [9.17, 15) is 25.2 Å². The zero-order valence-corrected chi connectivity index (χ0v) is 23.2. The highest BCUT2D eigenvalue weighted by atomic mass is 16.4. The van der Waals surface area contributed by atoms with Crippen molar-refractivity contribution in [2.24, 2.45) is 0 Å². The first-order valence-corrected chi connectivity index (χ1v) is 15.1. The van der Waals surface area contributed by atoms with Gasteiger partial charge < -0.3 is 30.8 Å². The topological polar surface area (TPSA) is 130 Å². The number of amides is 1. The molecule has 7 heteroatoms. The smallest absolute Gasteiger partial charge is 0.251 e. The molecule has 0 aromatic heterocycles. The number of unbranched alkanes of at least 4 members (excludes halogenated alkanes) is 20. The third-order valence-electron chi connectivity index (χ3n) is 7.10. The molecular formula is C29H59NO6. The lowest BCUT2D eigenvalue weighted by Gasteiger charge is -2.24. The van der Waals surface area contributed by atoms with Crippen molar-refractivity contribution < 1.29 is 30.3 Å². The molecule has 4 atom stereocenters. The monoisotopic (exact) mass is 517 g/mol. The van der Waals surface area contributed by atoms with Crippen LogP contribution in [0.15, 0.2) is 0 Å². The summed E-state index contributed by atoms with van der Waals surface area (Å²) in [5, 5.41) is 49.6. The van der Waals surface area contributed by atoms with Crippen molar-refractivity contribution in [2.75, 3.05) is 13.2 Å². The van der Waals surface area contributed by atoms with Crippen LogP contribution in [0.5, 0.6) is 0 Å². The van der Waals surface area contributed by atoms with Gasteiger partial charge in [0.25, 0.3) is 5.91 Å². The number of rotatable bonds is 27. The summed E-state index contributed by atoms with van der Waals surface area (Å²) < 4.78 is 0. The molecule has 0 saturated carbocycles. The predicted octanol–water partition coefficient (Wildman–Crippen LogP) is 4.75. The Morgan fingerprint density at radius 2 is 0.889 bits per heavy atom. The van der Waals surface area contributed by atoms with Gasteiger partial charge in [0.2, 0.25) is 0 Å². The van der Waals surface area contributed by atoms with E-state index in [0.29, 0.717) is 6.54 Å². The van der Waals surface area contributed by atoms with E-state index in [2.05, 4.69) is 12.2 Å². The summed E-state index contributed by atoms with van der Waals surface area (Å²) in [6.45, 7) is 1.89. The molecule has 0 aliphatic carbocycles. The van der Waals surface area contributed by atoms with E-state index in [1.165, 1.54) is 116 Å². The maximum absolute atomic E-state index is 11.8. The molecule has 0 aliphatic rings. The predicted molar refractivity (Wildman–Crippen MR) is 147 cm³/mol. The minimum Gasteiger partial charge on any atom is -0.394 e. The Hall–Kier alpha value is -0.730. The highest BCUT2D eigenvalue weighted by molar-refractivity contribution is 5.81. The molecule has 6 N–H and O–H groups in total. The molecule has 0 rings (SSSR count). The summed E-state index contributed by atoms with van der Waals surface area (Å²) >= 11 is 0. The van der Waals surface area contributed by atoms with Gasteiger partial charge in [-0.05, 0) is 6.42 Å². The van der Waals surface area contributed by atoms with Crippen LogP contribution in [-0.4, -0.2) is 69.0 Å². The quantitative estimate of drug-likeness (QED) is 0.0872. The average Bonchev–Trinajstić information content (AvgIpc) is 2.89. The highest BCUT2D eigenvalue weighted by Crippen LogP contribution is 2.15. The lowest BCUT2D eigenvalue weighted by molar-refractivity contribution is -0.148. The number of nitrogens with one attached hydrogen (secondary N) is 1. The molecule has 0 radical (unpaired) electrons. The van der Waals surface area contributed by atoms with Crippen LogP contribution < -0.4 is 5.32 Å². The Balaban J connectivity index is 3.35. The molecule has 0 bridgehead atoms. The SMILES string of the molecule is CCCCCCCCCCCCCCCCCCCCCCCNC(=O)[C@@H](O)[C@H](O)[C@@H](O)[C@H](O)CO. The van der Waals surface area contributed by atoms with Crippen LogP contribution in [0.1, 0.15) is 142 Å². The lowest BCUT2D eigenvalue weighted by Crippen LogP contribution is -2.51. The van der Waals surface area contributed by atoms with E-state index in [1.807, 2.05) is 0 Å². The molecule has 216 valence electrons. The van der Waals surface area contributed by atoms with Crippen LogP contribution in [0.3, 0.4) is 0 Å². The van der Waals surface area contributed by atoms with Gasteiger partial charge in [-0.25, -0.2) is 0 Å². The van der Waals surface area contributed by atoms with Crippen molar-refractivity contribution in [1.82, 2.24) is 5.32 Å². The maximum Gasteiger partial charge on any atom is 0.251 e. The summed E-state index contributed by atoms with van der Waals surface area (Å²) in [7, 11) is 0. The molecule has 0 aliphatic heterocycles. The number of aliphatic hydroxyl groups is 5. The van der Waals surface area contributed by atoms with Gasteiger partial charge in [0, 0.05) is 6.54 Å². The van der Waals surface area contributed by atoms with Crippen LogP contribution in [-0.2, 0) is 4.79 Å². The van der Waals surface area contributed by atoms with Crippen LogP contribution in [0.25, 0.3) is 0 Å². The Morgan fingerprint density at radius 1 is 0.556 bits per heavy atom. The first-order chi connectivity index (χ1) is 17.5. The number of carbonyl (C=O) groups is 1. The van der Waals surface area contributed by atoms with Crippen molar-refractivity contribution in [2.45, 2.75) is 166 Å². The Morgan fingerprint density at radius 3 is 1.22 bits per heavy atom. The van der Waals surface area contributed by atoms with E-state index in [-0.39, 0.29) is 0 Å². The minimum atomic E-state index is -1.85. The van der Waals surface area contributed by atoms with Crippen LogP contribution >= 0.6 is 0 Å². The van der Waals surface area contributed by atoms with Crippen molar-refractivity contribution in [1.29, 1.82) is 0 Å². The fourth-order valence-electron chi connectivity index (χ4n) is 4.55. The van der Waals surface area contributed by atoms with E-state index >= 15 is 0 Å². The molecule has 1 amide bonds. The van der Waals surface area contributed by atoms with Gasteiger partial charge in [-0.1, -0.05) is 135 Å². The van der Waals surface area contributed by atoms with Gasteiger partial charge >= 0.3 is 0 Å². The van der Waals surface area contributed by atoms with Crippen LogP contribution in [0.2, 0.25) is 0 Å². The lowest BCUT2D eigenvalue weighted by atomic mass is 10.0. The Kier molecular flexibility index (Phi) is 25.4. The van der Waals surface area contributed by atoms with E-state index in [1.54, 1.807) is 0 Å². The maximum atomic E-state index is 11.8. The number of hydrogen-bond acceptors (Lipinski definition) is 6. The summed E-state index contributed by atoms with van der Waals surface area (Å²) in [4.78, 5) is 11.8. The summed E-state index contributed by atoms with van der Waals surface area (Å²) in [5.74, 6) is -0.792. The molecule has 36 heavy (non-hydrogen) atoms. The zero-order chi connectivity index (χ0) is 26.9. The second kappa shape index (κ2) is 25.9. The van der Waals surface area contributed by atoms with Gasteiger partial charge in [-0.15, -0.1) is 0 Å². The normalized spacial score (nSPS) is 14.9. The van der Waals surface area contributed by atoms with E-state index in [0.717, 1.165) is 19.3 Å². The first-order valence-electron chi connectivity index (χ1n) is 15.1. The second-order valence-corrected chi connectivity index (χ2v) is 10.5. The number of hydrogen-bond donors (Lipinski definition) is 6. The third-order valence-corrected chi connectivity index (χ3v) is 7.10. The fraction of sp³-hybridized carbons (Fsp3) is 0.966. The van der Waals surface area contributed by atoms with Crippen LogP contribution in [0, 0.1) is 0 Å². The van der Waals surface area contributed by atoms with Gasteiger partial charge in [-0.2, -0.15) is 0 Å². The number of carbonyl (C=O) groups excluding carboxylic acids is 1. The summed E-state index contributed by atoms with van der Waals surface area (Å²) in [5.41, 5.74) is 0. The van der Waals surface area contributed by atoms with Crippen LogP contribution in [0.4, 0.5) is 0 Å². The van der Waals surface area contributed by atoms with Crippen molar-refractivity contribution in [3.63, 3.8) is 0 Å². The highest BCUT2D eigenvalue weighted by Gasteiger charge is 2.33. The average molecular weight is 518 g/mol. The molecule has 0 unspecified atom stereocenters. The van der Waals surface area contributed by atoms with E-state index in [4.69, 9.17) is 5.11 Å². The standard InChI is InChI=1S/C29H59NO6/c1-2-3-4-5-6-7-8-9-10-11-12-13-14-15-16-17-18-19-20-21-22-23-30-29(36)28(35)27(34)26(33)25(32)24-31/h25-28,31-35H,2-24H2,1H3,(H,30,36)/t25-,26+,27-,28+/m1/s1. The molecule has 7 nitrogen and oxygen atoms in total. The first kappa shape index (κ1) is 35.3. The van der Waals surface area contributed by atoms with Gasteiger partial charge in [0.1, 0.15) is 18.3 Å². The molecule has 0 aromatic carbocycles. The van der Waals surface area contributed by atoms with E-state index < -0.39 is 36.9 Å². The minimum absolute atomic E-state index is 0.389. The molecule has 0 saturated heterocycles. The zero-order valence-electron chi connectivity index (χ0n) is 23.2. The Bertz CT molecular complexity index is 479. The van der Waals surface area contributed by atoms with Crippen molar-refractivity contribution >= 4 is 5.91 Å². The molecule has 0 heterocycles. The third kappa shape index (κ3) is 20.3.